The Hall–Kier alpha value is 0.620. The van der Waals surface area contributed by atoms with Gasteiger partial charge in [0.05, 0.1) is 11.7 Å². The molecule has 0 bridgehead atoms. The molecule has 2 N–H and O–H groups in total. The molecule has 0 heterocycles. The average Bonchev–Trinajstić information content (AvgIpc) is 2.68. The van der Waals surface area contributed by atoms with Crippen LogP contribution < -0.4 is 5.73 Å². The van der Waals surface area contributed by atoms with Crippen molar-refractivity contribution in [2.24, 2.45) is 5.73 Å². The third-order valence-corrected chi connectivity index (χ3v) is 6.86. The summed E-state index contributed by atoms with van der Waals surface area (Å²) < 4.78 is 29.0. The molecule has 0 aromatic rings. The van der Waals surface area contributed by atoms with Crippen LogP contribution in [0.5, 0.6) is 0 Å². The maximum atomic E-state index is 6.35. The van der Waals surface area contributed by atoms with E-state index in [-0.39, 0.29) is 24.3 Å². The van der Waals surface area contributed by atoms with Gasteiger partial charge < -0.3 is 29.4 Å². The van der Waals surface area contributed by atoms with E-state index in [0.717, 1.165) is 54.7 Å². The summed E-state index contributed by atoms with van der Waals surface area (Å²) in [6.07, 6.45) is 6.02. The van der Waals surface area contributed by atoms with Gasteiger partial charge in [-0.2, -0.15) is 0 Å². The van der Waals surface area contributed by atoms with E-state index in [1.54, 1.807) is 0 Å². The molecule has 0 amide bonds. The normalized spacial score (nSPS) is 15.1. The second-order valence-corrected chi connectivity index (χ2v) is 9.96. The molecule has 0 aliphatic carbocycles. The minimum Gasteiger partial charge on any atom is -0.371 e. The van der Waals surface area contributed by atoms with E-state index in [0.29, 0.717) is 33.0 Å². The van der Waals surface area contributed by atoms with Gasteiger partial charge in [0.2, 0.25) is 0 Å². The zero-order chi connectivity index (χ0) is 22.0. The molecule has 0 aliphatic heterocycles. The van der Waals surface area contributed by atoms with Crippen LogP contribution >= 0.6 is 17.2 Å². The van der Waals surface area contributed by atoms with Crippen molar-refractivity contribution in [3.8, 4) is 0 Å². The molecule has 0 saturated carbocycles. The van der Waals surface area contributed by atoms with Gasteiger partial charge in [0.1, 0.15) is 0 Å². The first kappa shape index (κ1) is 29.6. The molecule has 2 atom stereocenters. The monoisotopic (exact) mass is 455 g/mol. The summed E-state index contributed by atoms with van der Waals surface area (Å²) in [6, 6.07) is 0. The lowest BCUT2D eigenvalue weighted by Crippen LogP contribution is -2.44. The number of hydrogen-bond acceptors (Lipinski definition) is 6. The number of rotatable bonds is 21. The van der Waals surface area contributed by atoms with Gasteiger partial charge in [-0.3, -0.25) is 0 Å². The van der Waals surface area contributed by atoms with Gasteiger partial charge in [-0.15, -0.1) is 17.2 Å². The van der Waals surface area contributed by atoms with Crippen molar-refractivity contribution in [2.75, 3.05) is 57.6 Å². The summed E-state index contributed by atoms with van der Waals surface area (Å²) >= 11 is 0. The minimum absolute atomic E-state index is 0.0860. The highest BCUT2D eigenvalue weighted by Crippen LogP contribution is 2.30. The van der Waals surface area contributed by atoms with Crippen molar-refractivity contribution in [3.05, 3.63) is 0 Å². The van der Waals surface area contributed by atoms with Crippen LogP contribution in [-0.2, 0) is 23.7 Å². The third kappa shape index (κ3) is 15.1. The molecular weight excluding hydrogens is 408 g/mol. The fourth-order valence-electron chi connectivity index (χ4n) is 3.14. The highest BCUT2D eigenvalue weighted by atomic mass is 31.1. The number of nitrogens with two attached hydrogens (primary N) is 1. The predicted octanol–water partition coefficient (Wildman–Crippen LogP) is 4.04. The Morgan fingerprint density at radius 3 is 1.38 bits per heavy atom. The molecule has 0 spiro atoms. The van der Waals surface area contributed by atoms with Crippen LogP contribution in [0.3, 0.4) is 0 Å². The number of hydrogen-bond donors (Lipinski definition) is 1. The van der Waals surface area contributed by atoms with E-state index in [2.05, 4.69) is 13.8 Å². The van der Waals surface area contributed by atoms with Crippen molar-refractivity contribution in [1.82, 2.24) is 0 Å². The van der Waals surface area contributed by atoms with Gasteiger partial charge >= 0.3 is 0 Å². The summed E-state index contributed by atoms with van der Waals surface area (Å²) in [5.41, 5.74) is 5.97. The van der Waals surface area contributed by atoms with Crippen LogP contribution in [0.4, 0.5) is 0 Å². The molecule has 176 valence electrons. The molecular formula is C21H47NO5P2. The maximum Gasteiger partial charge on any atom is 0.161 e. The fraction of sp³-hybridized carbons (Fsp3) is 1.00. The molecule has 8 heteroatoms. The molecule has 0 aliphatic rings. The van der Waals surface area contributed by atoms with E-state index in [9.17, 15) is 0 Å². The average molecular weight is 456 g/mol. The molecule has 2 unspecified atom stereocenters. The first-order valence-corrected chi connectivity index (χ1v) is 14.0. The quantitative estimate of drug-likeness (QED) is 0.160. The summed E-state index contributed by atoms with van der Waals surface area (Å²) in [4.78, 5) is 0. The van der Waals surface area contributed by atoms with Gasteiger partial charge in [0, 0.05) is 45.3 Å². The zero-order valence-corrected chi connectivity index (χ0v) is 21.6. The molecule has 0 rings (SSSR count). The van der Waals surface area contributed by atoms with Gasteiger partial charge in [0.25, 0.3) is 0 Å². The molecule has 29 heavy (non-hydrogen) atoms. The summed E-state index contributed by atoms with van der Waals surface area (Å²) in [7, 11) is 1.57. The Morgan fingerprint density at radius 1 is 0.724 bits per heavy atom. The molecule has 0 fully saturated rings. The lowest BCUT2D eigenvalue weighted by Gasteiger charge is -2.35. The summed E-state index contributed by atoms with van der Waals surface area (Å²) in [5, 5.41) is 0. The van der Waals surface area contributed by atoms with Crippen molar-refractivity contribution < 1.29 is 23.7 Å². The first-order valence-electron chi connectivity index (χ1n) is 11.2. The van der Waals surface area contributed by atoms with Crippen LogP contribution in [0.2, 0.25) is 0 Å². The molecule has 6 nitrogen and oxygen atoms in total. The van der Waals surface area contributed by atoms with E-state index < -0.39 is 0 Å². The topological polar surface area (TPSA) is 72.2 Å². The Kier molecular flexibility index (Phi) is 19.7. The highest BCUT2D eigenvalue weighted by molar-refractivity contribution is 7.38. The minimum atomic E-state index is -0.242. The van der Waals surface area contributed by atoms with Crippen molar-refractivity contribution in [3.63, 3.8) is 0 Å². The standard InChI is InChI=1S/C21H47NO5P2/c1-7-23-19(24-8-2)15-28-13-11-21(17-22,27-18(5)6)12-14-29-16-20(25-9-3)26-10-4/h18-20,28-29H,7-17,22H2,1-6H3. The molecule has 0 aromatic carbocycles. The van der Waals surface area contributed by atoms with E-state index in [1.807, 2.05) is 27.7 Å². The fourth-order valence-corrected chi connectivity index (χ4v) is 5.76. The second kappa shape index (κ2) is 19.3. The Labute approximate surface area is 183 Å². The molecule has 0 aromatic heterocycles. The van der Waals surface area contributed by atoms with Crippen LogP contribution in [0.25, 0.3) is 0 Å². The van der Waals surface area contributed by atoms with Crippen molar-refractivity contribution in [2.45, 2.75) is 78.7 Å². The first-order chi connectivity index (χ1) is 14.0. The van der Waals surface area contributed by atoms with Crippen LogP contribution in [-0.4, -0.2) is 81.9 Å². The van der Waals surface area contributed by atoms with Crippen molar-refractivity contribution >= 4 is 17.2 Å². The van der Waals surface area contributed by atoms with E-state index in [4.69, 9.17) is 29.4 Å². The highest BCUT2D eigenvalue weighted by Gasteiger charge is 2.30. The SMILES string of the molecule is CCOC(CPCCC(CN)(CCPCC(OCC)OCC)OC(C)C)OCC. The Balaban J connectivity index is 4.52. The lowest BCUT2D eigenvalue weighted by molar-refractivity contribution is -0.120. The van der Waals surface area contributed by atoms with Gasteiger partial charge in [-0.05, 0) is 66.7 Å². The largest absolute Gasteiger partial charge is 0.371 e. The lowest BCUT2D eigenvalue weighted by atomic mass is 9.97. The molecule has 0 saturated heterocycles. The van der Waals surface area contributed by atoms with Gasteiger partial charge in [-0.1, -0.05) is 0 Å². The zero-order valence-electron chi connectivity index (χ0n) is 19.6. The predicted molar refractivity (Wildman–Crippen MR) is 127 cm³/mol. The Morgan fingerprint density at radius 2 is 1.10 bits per heavy atom. The van der Waals surface area contributed by atoms with Crippen LogP contribution in [0.1, 0.15) is 54.4 Å². The van der Waals surface area contributed by atoms with Crippen LogP contribution in [0.15, 0.2) is 0 Å². The van der Waals surface area contributed by atoms with Gasteiger partial charge in [-0.25, -0.2) is 0 Å². The van der Waals surface area contributed by atoms with Gasteiger partial charge in [0.15, 0.2) is 12.6 Å². The van der Waals surface area contributed by atoms with E-state index >= 15 is 0 Å². The maximum absolute atomic E-state index is 6.35. The van der Waals surface area contributed by atoms with E-state index in [1.165, 1.54) is 0 Å². The Bertz CT molecular complexity index is 328. The van der Waals surface area contributed by atoms with Crippen molar-refractivity contribution in [1.29, 1.82) is 0 Å². The summed E-state index contributed by atoms with van der Waals surface area (Å²) in [6.45, 7) is 15.5. The van der Waals surface area contributed by atoms with Crippen LogP contribution in [0, 0.1) is 0 Å². The third-order valence-electron chi connectivity index (χ3n) is 4.40. The smallest absolute Gasteiger partial charge is 0.161 e. The second-order valence-electron chi connectivity index (χ2n) is 7.14. The molecule has 0 radical (unpaired) electrons. The summed E-state index contributed by atoms with van der Waals surface area (Å²) in [5.74, 6) is 0. The number of ether oxygens (including phenoxy) is 5.